The van der Waals surface area contributed by atoms with Gasteiger partial charge in [-0.15, -0.1) is 0 Å². The molecule has 0 aromatic heterocycles. The van der Waals surface area contributed by atoms with Crippen LogP contribution in [0.25, 0.3) is 0 Å². The predicted molar refractivity (Wildman–Crippen MR) is 129 cm³/mol. The first-order chi connectivity index (χ1) is 15.2. The van der Waals surface area contributed by atoms with Crippen LogP contribution in [0.1, 0.15) is 70.3 Å². The van der Waals surface area contributed by atoms with E-state index in [4.69, 9.17) is 4.74 Å². The Kier molecular flexibility index (Phi) is 8.93. The second-order valence-electron chi connectivity index (χ2n) is 9.96. The van der Waals surface area contributed by atoms with Gasteiger partial charge in [-0.25, -0.2) is 17.9 Å². The van der Waals surface area contributed by atoms with E-state index in [1.165, 1.54) is 12.1 Å². The summed E-state index contributed by atoms with van der Waals surface area (Å²) in [4.78, 5) is 29.6. The molecule has 33 heavy (non-hydrogen) atoms. The molecule has 1 fully saturated rings. The largest absolute Gasteiger partial charge is 0.444 e. The highest BCUT2D eigenvalue weighted by Crippen LogP contribution is 2.24. The van der Waals surface area contributed by atoms with Crippen LogP contribution in [0.4, 0.5) is 4.79 Å². The summed E-state index contributed by atoms with van der Waals surface area (Å²) in [7, 11) is -3.65. The Balaban J connectivity index is 2.18. The summed E-state index contributed by atoms with van der Waals surface area (Å²) >= 11 is 0. The Bertz CT molecular complexity index is 953. The van der Waals surface area contributed by atoms with E-state index in [1.807, 2.05) is 34.6 Å². The molecular weight excluding hydrogens is 442 g/mol. The number of nitrogens with one attached hydrogen (secondary N) is 1. The van der Waals surface area contributed by atoms with E-state index >= 15 is 0 Å². The van der Waals surface area contributed by atoms with Crippen molar-refractivity contribution in [1.82, 2.24) is 14.5 Å². The molecule has 1 atom stereocenters. The summed E-state index contributed by atoms with van der Waals surface area (Å²) < 4.78 is 32.9. The Morgan fingerprint density at radius 1 is 1.27 bits per heavy atom. The van der Waals surface area contributed by atoms with Crippen molar-refractivity contribution in [2.24, 2.45) is 5.92 Å². The molecule has 0 radical (unpaired) electrons. The smallest absolute Gasteiger partial charge is 0.410 e. The lowest BCUT2D eigenvalue weighted by molar-refractivity contribution is 0.0124. The van der Waals surface area contributed by atoms with Gasteiger partial charge >= 0.3 is 6.09 Å². The number of aryl methyl sites for hydroxylation is 1. The SMILES string of the molecule is CCNS(=O)(=O)c1ccc(C)c(C(=O)N2CCC[C@H](CN(C(=O)OC(C)(C)C)C(C)C)C2)c1. The van der Waals surface area contributed by atoms with Crippen molar-refractivity contribution >= 4 is 22.0 Å². The standard InChI is InChI=1S/C24H39N3O5S/c1-8-25-33(30,31)20-12-11-18(4)21(14-20)22(28)26-13-9-10-19(15-26)16-27(17(2)3)23(29)32-24(5,6)7/h11-12,14,17,19,25H,8-10,13,15-16H2,1-7H3/t19-/m0/s1. The number of carbonyl (C=O) groups is 2. The van der Waals surface area contributed by atoms with Gasteiger partial charge in [-0.05, 0) is 78.0 Å². The van der Waals surface area contributed by atoms with Gasteiger partial charge in [0.05, 0.1) is 4.90 Å². The van der Waals surface area contributed by atoms with E-state index in [2.05, 4.69) is 4.72 Å². The topological polar surface area (TPSA) is 96.0 Å². The molecule has 9 heteroatoms. The first-order valence-electron chi connectivity index (χ1n) is 11.6. The fourth-order valence-corrected chi connectivity index (χ4v) is 5.00. The molecule has 0 bridgehead atoms. The molecule has 2 amide bonds. The summed E-state index contributed by atoms with van der Waals surface area (Å²) in [5.41, 5.74) is 0.548. The fraction of sp³-hybridized carbons (Fsp3) is 0.667. The second-order valence-corrected chi connectivity index (χ2v) is 11.7. The maximum atomic E-state index is 13.3. The molecule has 0 spiro atoms. The molecule has 8 nitrogen and oxygen atoms in total. The quantitative estimate of drug-likeness (QED) is 0.639. The van der Waals surface area contributed by atoms with Crippen molar-refractivity contribution in [1.29, 1.82) is 0 Å². The highest BCUT2D eigenvalue weighted by Gasteiger charge is 2.31. The summed E-state index contributed by atoms with van der Waals surface area (Å²) in [6.45, 7) is 14.9. The Morgan fingerprint density at radius 2 is 1.94 bits per heavy atom. The molecule has 1 aromatic rings. The third-order valence-corrected chi connectivity index (χ3v) is 7.14. The molecule has 0 saturated carbocycles. The molecule has 1 N–H and O–H groups in total. The molecule has 186 valence electrons. The number of carbonyl (C=O) groups excluding carboxylic acids is 2. The first kappa shape index (κ1) is 27.1. The molecule has 1 saturated heterocycles. The number of piperidine rings is 1. The minimum atomic E-state index is -3.65. The first-order valence-corrected chi connectivity index (χ1v) is 13.1. The molecule has 1 aliphatic heterocycles. The Labute approximate surface area is 198 Å². The van der Waals surface area contributed by atoms with E-state index in [-0.39, 0.29) is 35.4 Å². The minimum absolute atomic E-state index is 0.0267. The summed E-state index contributed by atoms with van der Waals surface area (Å²) in [6.07, 6.45) is 1.38. The number of ether oxygens (including phenoxy) is 1. The molecule has 1 aromatic carbocycles. The molecule has 1 aliphatic rings. The van der Waals surface area contributed by atoms with E-state index in [1.54, 1.807) is 29.7 Å². The van der Waals surface area contributed by atoms with Crippen LogP contribution in [0.2, 0.25) is 0 Å². The van der Waals surface area contributed by atoms with Gasteiger partial charge in [0.15, 0.2) is 0 Å². The normalized spacial score (nSPS) is 17.2. The van der Waals surface area contributed by atoms with Crippen LogP contribution in [-0.2, 0) is 14.8 Å². The summed E-state index contributed by atoms with van der Waals surface area (Å²) in [5.74, 6) is -0.0642. The fourth-order valence-electron chi connectivity index (χ4n) is 3.94. The zero-order valence-corrected chi connectivity index (χ0v) is 21.8. The van der Waals surface area contributed by atoms with Crippen molar-refractivity contribution in [3.05, 3.63) is 29.3 Å². The lowest BCUT2D eigenvalue weighted by atomic mass is 9.96. The summed E-state index contributed by atoms with van der Waals surface area (Å²) in [5, 5.41) is 0. The predicted octanol–water partition coefficient (Wildman–Crippen LogP) is 3.79. The minimum Gasteiger partial charge on any atom is -0.444 e. The van der Waals surface area contributed by atoms with Crippen LogP contribution in [0.3, 0.4) is 0 Å². The van der Waals surface area contributed by atoms with Gasteiger partial charge in [-0.2, -0.15) is 0 Å². The van der Waals surface area contributed by atoms with Gasteiger partial charge in [-0.1, -0.05) is 13.0 Å². The van der Waals surface area contributed by atoms with Gasteiger partial charge in [0.1, 0.15) is 5.60 Å². The Morgan fingerprint density at radius 3 is 2.52 bits per heavy atom. The number of benzene rings is 1. The average molecular weight is 482 g/mol. The van der Waals surface area contributed by atoms with E-state index < -0.39 is 15.6 Å². The second kappa shape index (κ2) is 10.9. The van der Waals surface area contributed by atoms with Crippen LogP contribution in [0.5, 0.6) is 0 Å². The van der Waals surface area contributed by atoms with Crippen LogP contribution < -0.4 is 4.72 Å². The van der Waals surface area contributed by atoms with Gasteiger partial charge < -0.3 is 14.5 Å². The van der Waals surface area contributed by atoms with Crippen LogP contribution in [0.15, 0.2) is 23.1 Å². The molecule has 2 rings (SSSR count). The lowest BCUT2D eigenvalue weighted by Crippen LogP contribution is -2.48. The monoisotopic (exact) mass is 481 g/mol. The van der Waals surface area contributed by atoms with Crippen molar-refractivity contribution in [3.8, 4) is 0 Å². The van der Waals surface area contributed by atoms with Crippen LogP contribution in [0, 0.1) is 12.8 Å². The van der Waals surface area contributed by atoms with Gasteiger partial charge in [-0.3, -0.25) is 4.79 Å². The van der Waals surface area contributed by atoms with Crippen molar-refractivity contribution in [2.45, 2.75) is 77.8 Å². The highest BCUT2D eigenvalue weighted by atomic mass is 32.2. The zero-order valence-electron chi connectivity index (χ0n) is 21.0. The number of hydrogen-bond donors (Lipinski definition) is 1. The molecule has 0 unspecified atom stereocenters. The molecule has 1 heterocycles. The third-order valence-electron chi connectivity index (χ3n) is 5.60. The average Bonchev–Trinajstić information content (AvgIpc) is 2.70. The number of amides is 2. The van der Waals surface area contributed by atoms with Gasteiger partial charge in [0.25, 0.3) is 5.91 Å². The maximum absolute atomic E-state index is 13.3. The summed E-state index contributed by atoms with van der Waals surface area (Å²) in [6, 6.07) is 4.62. The number of rotatable bonds is 7. The van der Waals surface area contributed by atoms with Crippen molar-refractivity contribution < 1.29 is 22.7 Å². The number of hydrogen-bond acceptors (Lipinski definition) is 5. The zero-order chi connectivity index (χ0) is 25.0. The van der Waals surface area contributed by atoms with E-state index in [9.17, 15) is 18.0 Å². The lowest BCUT2D eigenvalue weighted by Gasteiger charge is -2.37. The van der Waals surface area contributed by atoms with E-state index in [0.717, 1.165) is 18.4 Å². The van der Waals surface area contributed by atoms with Crippen LogP contribution >= 0.6 is 0 Å². The van der Waals surface area contributed by atoms with Crippen molar-refractivity contribution in [2.75, 3.05) is 26.2 Å². The van der Waals surface area contributed by atoms with Crippen molar-refractivity contribution in [3.63, 3.8) is 0 Å². The van der Waals surface area contributed by atoms with Gasteiger partial charge in [0.2, 0.25) is 10.0 Å². The highest BCUT2D eigenvalue weighted by molar-refractivity contribution is 7.89. The maximum Gasteiger partial charge on any atom is 0.410 e. The Hall–Kier alpha value is -2.13. The third kappa shape index (κ3) is 7.43. The van der Waals surface area contributed by atoms with Gasteiger partial charge in [0, 0.05) is 37.8 Å². The van der Waals surface area contributed by atoms with E-state index in [0.29, 0.717) is 25.2 Å². The number of sulfonamides is 1. The molecular formula is C24H39N3O5S. The van der Waals surface area contributed by atoms with Crippen LogP contribution in [-0.4, -0.2) is 68.0 Å². The number of nitrogens with zero attached hydrogens (tertiary/aromatic N) is 2. The molecule has 0 aliphatic carbocycles. The number of likely N-dealkylation sites (tertiary alicyclic amines) is 1.